The summed E-state index contributed by atoms with van der Waals surface area (Å²) >= 11 is 0. The first kappa shape index (κ1) is 18.4. The molecule has 0 atom stereocenters. The predicted molar refractivity (Wildman–Crippen MR) is 105 cm³/mol. The van der Waals surface area contributed by atoms with Crippen molar-refractivity contribution in [1.82, 2.24) is 15.1 Å². The number of hydrogen-bond donors (Lipinski definition) is 2. The van der Waals surface area contributed by atoms with Crippen LogP contribution in [0.5, 0.6) is 0 Å². The number of carbonyl (C=O) groups is 2. The van der Waals surface area contributed by atoms with Crippen LogP contribution >= 0.6 is 0 Å². The minimum Gasteiger partial charge on any atom is -0.348 e. The van der Waals surface area contributed by atoms with Crippen LogP contribution in [-0.4, -0.2) is 21.6 Å². The number of aromatic nitrogens is 2. The molecule has 1 aromatic heterocycles. The van der Waals surface area contributed by atoms with Crippen molar-refractivity contribution >= 4 is 17.5 Å². The zero-order chi connectivity index (χ0) is 19.2. The van der Waals surface area contributed by atoms with Gasteiger partial charge in [-0.05, 0) is 48.0 Å². The van der Waals surface area contributed by atoms with E-state index in [4.69, 9.17) is 0 Å². The van der Waals surface area contributed by atoms with Gasteiger partial charge in [-0.1, -0.05) is 26.0 Å². The maximum Gasteiger partial charge on any atom is 0.251 e. The lowest BCUT2D eigenvalue weighted by Gasteiger charge is -2.10. The van der Waals surface area contributed by atoms with Crippen molar-refractivity contribution in [3.8, 4) is 5.69 Å². The van der Waals surface area contributed by atoms with E-state index in [0.717, 1.165) is 16.9 Å². The van der Waals surface area contributed by atoms with Crippen LogP contribution in [0.4, 0.5) is 5.69 Å². The Hall–Kier alpha value is -3.41. The zero-order valence-corrected chi connectivity index (χ0v) is 15.3. The molecule has 0 aliphatic carbocycles. The van der Waals surface area contributed by atoms with Crippen LogP contribution in [0.25, 0.3) is 5.69 Å². The van der Waals surface area contributed by atoms with Crippen LogP contribution in [0.15, 0.2) is 67.0 Å². The van der Waals surface area contributed by atoms with E-state index in [1.807, 2.05) is 62.5 Å². The van der Waals surface area contributed by atoms with Gasteiger partial charge >= 0.3 is 0 Å². The summed E-state index contributed by atoms with van der Waals surface area (Å²) < 4.78 is 1.73. The van der Waals surface area contributed by atoms with E-state index in [-0.39, 0.29) is 17.7 Å². The Kier molecular flexibility index (Phi) is 5.66. The summed E-state index contributed by atoms with van der Waals surface area (Å²) in [7, 11) is 0. The van der Waals surface area contributed by atoms with Crippen LogP contribution in [-0.2, 0) is 11.3 Å². The van der Waals surface area contributed by atoms with Gasteiger partial charge in [-0.15, -0.1) is 0 Å². The molecular weight excluding hydrogens is 340 g/mol. The Bertz CT molecular complexity index is 916. The maximum absolute atomic E-state index is 12.4. The Morgan fingerprint density at radius 1 is 1.07 bits per heavy atom. The van der Waals surface area contributed by atoms with Crippen LogP contribution in [0.3, 0.4) is 0 Å². The third-order valence-electron chi connectivity index (χ3n) is 4.07. The highest BCUT2D eigenvalue weighted by molar-refractivity contribution is 5.94. The van der Waals surface area contributed by atoms with E-state index >= 15 is 0 Å². The van der Waals surface area contributed by atoms with Crippen molar-refractivity contribution in [3.05, 3.63) is 78.1 Å². The van der Waals surface area contributed by atoms with Gasteiger partial charge in [0.2, 0.25) is 5.91 Å². The quantitative estimate of drug-likeness (QED) is 0.706. The van der Waals surface area contributed by atoms with E-state index in [1.54, 1.807) is 23.0 Å². The molecule has 2 amide bonds. The molecule has 0 unspecified atom stereocenters. The minimum absolute atomic E-state index is 0.0338. The molecule has 3 rings (SSSR count). The molecule has 2 N–H and O–H groups in total. The lowest BCUT2D eigenvalue weighted by molar-refractivity contribution is -0.118. The van der Waals surface area contributed by atoms with Gasteiger partial charge in [0.1, 0.15) is 0 Å². The summed E-state index contributed by atoms with van der Waals surface area (Å²) in [5, 5.41) is 9.92. The fourth-order valence-corrected chi connectivity index (χ4v) is 2.52. The van der Waals surface area contributed by atoms with Gasteiger partial charge in [-0.2, -0.15) is 5.10 Å². The molecule has 6 nitrogen and oxygen atoms in total. The zero-order valence-electron chi connectivity index (χ0n) is 15.3. The highest BCUT2D eigenvalue weighted by Crippen LogP contribution is 2.13. The van der Waals surface area contributed by atoms with Crippen molar-refractivity contribution < 1.29 is 9.59 Å². The van der Waals surface area contributed by atoms with E-state index in [0.29, 0.717) is 12.1 Å². The number of hydrogen-bond acceptors (Lipinski definition) is 3. The first-order valence-corrected chi connectivity index (χ1v) is 8.81. The second-order valence-corrected chi connectivity index (χ2v) is 6.52. The second-order valence-electron chi connectivity index (χ2n) is 6.52. The highest BCUT2D eigenvalue weighted by atomic mass is 16.2. The fraction of sp³-hybridized carbons (Fsp3) is 0.190. The van der Waals surface area contributed by atoms with Crippen molar-refractivity contribution in [1.29, 1.82) is 0 Å². The maximum atomic E-state index is 12.4. The molecule has 3 aromatic rings. The van der Waals surface area contributed by atoms with E-state index in [1.165, 1.54) is 0 Å². The summed E-state index contributed by atoms with van der Waals surface area (Å²) in [5.74, 6) is -0.273. The summed E-state index contributed by atoms with van der Waals surface area (Å²) in [6, 6.07) is 16.5. The number of rotatable bonds is 6. The van der Waals surface area contributed by atoms with Gasteiger partial charge in [-0.25, -0.2) is 4.68 Å². The number of nitrogens with zero attached hydrogens (tertiary/aromatic N) is 2. The third kappa shape index (κ3) is 4.82. The Balaban J connectivity index is 1.60. The molecule has 0 radical (unpaired) electrons. The summed E-state index contributed by atoms with van der Waals surface area (Å²) in [4.78, 5) is 24.2. The van der Waals surface area contributed by atoms with Gasteiger partial charge < -0.3 is 10.6 Å². The van der Waals surface area contributed by atoms with Gasteiger partial charge in [0.05, 0.1) is 5.69 Å². The van der Waals surface area contributed by atoms with E-state index in [9.17, 15) is 9.59 Å². The molecule has 1 heterocycles. The Morgan fingerprint density at radius 2 is 1.85 bits per heavy atom. The SMILES string of the molecule is CC(C)C(=O)Nc1cccc(CNC(=O)c2ccc(-n3cccn3)cc2)c1. The first-order chi connectivity index (χ1) is 13.0. The molecular formula is C21H22N4O2. The Morgan fingerprint density at radius 3 is 2.52 bits per heavy atom. The number of carbonyl (C=O) groups excluding carboxylic acids is 2. The Labute approximate surface area is 158 Å². The summed E-state index contributed by atoms with van der Waals surface area (Å²) in [6.07, 6.45) is 3.55. The number of nitrogens with one attached hydrogen (secondary N) is 2. The monoisotopic (exact) mass is 362 g/mol. The summed E-state index contributed by atoms with van der Waals surface area (Å²) in [5.41, 5.74) is 3.11. The molecule has 0 aliphatic rings. The van der Waals surface area contributed by atoms with Gasteiger partial charge in [-0.3, -0.25) is 9.59 Å². The standard InChI is InChI=1S/C21H22N4O2/c1-15(2)20(26)24-18-6-3-5-16(13-18)14-22-21(27)17-7-9-19(10-8-17)25-12-4-11-23-25/h3-13,15H,14H2,1-2H3,(H,22,27)(H,24,26). The molecule has 0 fully saturated rings. The molecule has 0 bridgehead atoms. The first-order valence-electron chi connectivity index (χ1n) is 8.81. The molecule has 0 saturated heterocycles. The van der Waals surface area contributed by atoms with E-state index in [2.05, 4.69) is 15.7 Å². The third-order valence-corrected chi connectivity index (χ3v) is 4.07. The van der Waals surface area contributed by atoms with Gasteiger partial charge in [0, 0.05) is 36.1 Å². The normalized spacial score (nSPS) is 10.6. The summed E-state index contributed by atoms with van der Waals surface area (Å²) in [6.45, 7) is 4.07. The van der Waals surface area contributed by atoms with Crippen LogP contribution in [0.1, 0.15) is 29.8 Å². The van der Waals surface area contributed by atoms with Crippen LogP contribution in [0.2, 0.25) is 0 Å². The molecule has 0 saturated carbocycles. The molecule has 27 heavy (non-hydrogen) atoms. The largest absolute Gasteiger partial charge is 0.348 e. The number of anilines is 1. The van der Waals surface area contributed by atoms with Crippen molar-refractivity contribution in [3.63, 3.8) is 0 Å². The number of benzene rings is 2. The highest BCUT2D eigenvalue weighted by Gasteiger charge is 2.09. The lowest BCUT2D eigenvalue weighted by atomic mass is 10.1. The van der Waals surface area contributed by atoms with E-state index < -0.39 is 0 Å². The smallest absolute Gasteiger partial charge is 0.251 e. The van der Waals surface area contributed by atoms with Crippen molar-refractivity contribution in [2.24, 2.45) is 5.92 Å². The topological polar surface area (TPSA) is 76.0 Å². The lowest BCUT2D eigenvalue weighted by Crippen LogP contribution is -2.23. The van der Waals surface area contributed by atoms with Crippen molar-refractivity contribution in [2.45, 2.75) is 20.4 Å². The number of amides is 2. The van der Waals surface area contributed by atoms with Gasteiger partial charge in [0.15, 0.2) is 0 Å². The minimum atomic E-state index is -0.154. The van der Waals surface area contributed by atoms with Crippen LogP contribution < -0.4 is 10.6 Å². The fourth-order valence-electron chi connectivity index (χ4n) is 2.52. The molecule has 0 aliphatic heterocycles. The average Bonchev–Trinajstić information content (AvgIpc) is 3.21. The molecule has 2 aromatic carbocycles. The predicted octanol–water partition coefficient (Wildman–Crippen LogP) is 3.40. The molecule has 6 heteroatoms. The molecule has 138 valence electrons. The average molecular weight is 362 g/mol. The van der Waals surface area contributed by atoms with Crippen molar-refractivity contribution in [2.75, 3.05) is 5.32 Å². The molecule has 0 spiro atoms. The van der Waals surface area contributed by atoms with Gasteiger partial charge in [0.25, 0.3) is 5.91 Å². The van der Waals surface area contributed by atoms with Crippen LogP contribution in [0, 0.1) is 5.92 Å². The second kappa shape index (κ2) is 8.31.